The summed E-state index contributed by atoms with van der Waals surface area (Å²) in [5.41, 5.74) is 4.38. The summed E-state index contributed by atoms with van der Waals surface area (Å²) in [4.78, 5) is 17.4. The summed E-state index contributed by atoms with van der Waals surface area (Å²) in [5, 5.41) is 20.6. The number of pyridine rings is 1. The number of terminal acetylenes is 1. The molecule has 2 heterocycles. The van der Waals surface area contributed by atoms with E-state index in [1.165, 1.54) is 6.20 Å². The van der Waals surface area contributed by atoms with E-state index < -0.39 is 5.91 Å². The van der Waals surface area contributed by atoms with Gasteiger partial charge in [0.25, 0.3) is 11.1 Å². The Hall–Kier alpha value is -4.24. The van der Waals surface area contributed by atoms with Crippen molar-refractivity contribution in [2.45, 2.75) is 13.5 Å². The molecule has 0 saturated carbocycles. The zero-order valence-corrected chi connectivity index (χ0v) is 19.4. The fourth-order valence-electron chi connectivity index (χ4n) is 3.13. The molecule has 34 heavy (non-hydrogen) atoms. The molecule has 2 aromatic heterocycles. The maximum atomic E-state index is 13.1. The van der Waals surface area contributed by atoms with E-state index in [2.05, 4.69) is 32.5 Å². The monoisotopic (exact) mass is 485 g/mol. The van der Waals surface area contributed by atoms with Crippen LogP contribution in [0.2, 0.25) is 5.02 Å². The van der Waals surface area contributed by atoms with Crippen LogP contribution in [0.4, 0.5) is 5.13 Å². The van der Waals surface area contributed by atoms with Crippen molar-refractivity contribution in [1.82, 2.24) is 15.2 Å². The summed E-state index contributed by atoms with van der Waals surface area (Å²) < 4.78 is 5.65. The lowest BCUT2D eigenvalue weighted by molar-refractivity contribution is 0.102. The van der Waals surface area contributed by atoms with Crippen LogP contribution in [0.3, 0.4) is 0 Å². The molecule has 4 rings (SSSR count). The van der Waals surface area contributed by atoms with Gasteiger partial charge in [-0.1, -0.05) is 34.8 Å². The summed E-state index contributed by atoms with van der Waals surface area (Å²) in [6.45, 7) is 2.08. The van der Waals surface area contributed by atoms with Crippen molar-refractivity contribution >= 4 is 34.0 Å². The van der Waals surface area contributed by atoms with Crippen LogP contribution >= 0.6 is 22.9 Å². The molecule has 9 heteroatoms. The zero-order valence-electron chi connectivity index (χ0n) is 17.9. The fraction of sp³-hybridized carbons (Fsp3) is 0.0800. The number of amides is 1. The highest BCUT2D eigenvalue weighted by molar-refractivity contribution is 7.17. The third-order valence-electron chi connectivity index (χ3n) is 4.78. The molecule has 0 bridgehead atoms. The number of nitriles is 1. The second-order valence-electron chi connectivity index (χ2n) is 7.13. The van der Waals surface area contributed by atoms with Crippen molar-refractivity contribution in [3.63, 3.8) is 0 Å². The number of aryl methyl sites for hydroxylation is 1. The van der Waals surface area contributed by atoms with E-state index in [0.717, 1.165) is 22.6 Å². The Balaban J connectivity index is 1.52. The molecule has 2 aromatic carbocycles. The first-order chi connectivity index (χ1) is 16.5. The van der Waals surface area contributed by atoms with Gasteiger partial charge in [-0.15, -0.1) is 11.5 Å². The minimum Gasteiger partial charge on any atom is -0.464 e. The smallest absolute Gasteiger partial charge is 0.296 e. The highest BCUT2D eigenvalue weighted by atomic mass is 35.5. The van der Waals surface area contributed by atoms with Gasteiger partial charge in [0, 0.05) is 22.5 Å². The van der Waals surface area contributed by atoms with Crippen LogP contribution in [0.15, 0.2) is 54.7 Å². The van der Waals surface area contributed by atoms with E-state index in [1.54, 1.807) is 48.5 Å². The van der Waals surface area contributed by atoms with Gasteiger partial charge in [0.1, 0.15) is 6.61 Å². The maximum Gasteiger partial charge on any atom is 0.296 e. The van der Waals surface area contributed by atoms with Crippen molar-refractivity contribution < 1.29 is 9.53 Å². The molecule has 0 saturated heterocycles. The number of benzene rings is 2. The van der Waals surface area contributed by atoms with Gasteiger partial charge >= 0.3 is 0 Å². The molecule has 0 spiro atoms. The third kappa shape index (κ3) is 5.21. The number of anilines is 1. The molecule has 0 fully saturated rings. The Bertz CT molecular complexity index is 1450. The molecule has 7 nitrogen and oxygen atoms in total. The topological polar surface area (TPSA) is 101 Å². The number of hydrogen-bond acceptors (Lipinski definition) is 7. The average Bonchev–Trinajstić information content (AvgIpc) is 3.30. The maximum absolute atomic E-state index is 13.1. The molecular weight excluding hydrogens is 470 g/mol. The number of carbonyl (C=O) groups excluding carboxylic acids is 1. The minimum absolute atomic E-state index is 0.254. The van der Waals surface area contributed by atoms with E-state index in [-0.39, 0.29) is 11.7 Å². The van der Waals surface area contributed by atoms with Gasteiger partial charge in [-0.2, -0.15) is 5.26 Å². The summed E-state index contributed by atoms with van der Waals surface area (Å²) in [6.07, 6.45) is 7.15. The molecule has 0 unspecified atom stereocenters. The Labute approximate surface area is 205 Å². The molecule has 4 aromatic rings. The van der Waals surface area contributed by atoms with Crippen molar-refractivity contribution in [2.24, 2.45) is 0 Å². The van der Waals surface area contributed by atoms with Gasteiger partial charge < -0.3 is 4.74 Å². The molecule has 1 N–H and O–H groups in total. The quantitative estimate of drug-likeness (QED) is 0.374. The molecule has 1 amide bonds. The predicted octanol–water partition coefficient (Wildman–Crippen LogP) is 5.25. The SMILES string of the molecule is C#Cc1ccc(Cl)cc1-c1cc(C)ncc1C(=O)Nc1nnc(OCc2ccc(C#N)cc2)s1. The normalized spacial score (nSPS) is 10.2. The minimum atomic E-state index is -0.416. The second kappa shape index (κ2) is 10.1. The molecular formula is C25H16ClN5O2S. The lowest BCUT2D eigenvalue weighted by atomic mass is 9.96. The predicted molar refractivity (Wildman–Crippen MR) is 131 cm³/mol. The number of nitrogens with zero attached hydrogens (tertiary/aromatic N) is 4. The van der Waals surface area contributed by atoms with E-state index in [4.69, 9.17) is 28.0 Å². The van der Waals surface area contributed by atoms with Gasteiger partial charge in [0.2, 0.25) is 5.13 Å². The first-order valence-corrected chi connectivity index (χ1v) is 11.2. The second-order valence-corrected chi connectivity index (χ2v) is 8.51. The molecule has 0 aliphatic heterocycles. The summed E-state index contributed by atoms with van der Waals surface area (Å²) >= 11 is 7.28. The van der Waals surface area contributed by atoms with Crippen LogP contribution in [-0.4, -0.2) is 21.1 Å². The molecule has 166 valence electrons. The van der Waals surface area contributed by atoms with Crippen LogP contribution in [0.1, 0.15) is 32.7 Å². The van der Waals surface area contributed by atoms with Gasteiger partial charge in [-0.05, 0) is 71.3 Å². The van der Waals surface area contributed by atoms with E-state index in [1.807, 2.05) is 6.92 Å². The van der Waals surface area contributed by atoms with E-state index in [0.29, 0.717) is 38.0 Å². The Morgan fingerprint density at radius 1 is 1.18 bits per heavy atom. The number of ether oxygens (including phenoxy) is 1. The van der Waals surface area contributed by atoms with Gasteiger partial charge in [-0.3, -0.25) is 15.1 Å². The molecule has 0 radical (unpaired) electrons. The van der Waals surface area contributed by atoms with Crippen LogP contribution in [-0.2, 0) is 6.61 Å². The summed E-state index contributed by atoms with van der Waals surface area (Å²) in [7, 11) is 0. The van der Waals surface area contributed by atoms with Crippen LogP contribution in [0.25, 0.3) is 11.1 Å². The first kappa shape index (κ1) is 22.9. The number of halogens is 1. The highest BCUT2D eigenvalue weighted by Gasteiger charge is 2.18. The van der Waals surface area contributed by atoms with Gasteiger partial charge in [0.15, 0.2) is 0 Å². The number of carbonyl (C=O) groups is 1. The van der Waals surface area contributed by atoms with Crippen LogP contribution in [0, 0.1) is 30.6 Å². The number of hydrogen-bond donors (Lipinski definition) is 1. The Morgan fingerprint density at radius 2 is 1.97 bits per heavy atom. The number of rotatable bonds is 6. The summed E-state index contributed by atoms with van der Waals surface area (Å²) in [5.74, 6) is 2.21. The van der Waals surface area contributed by atoms with Crippen LogP contribution < -0.4 is 10.1 Å². The fourth-order valence-corrected chi connectivity index (χ4v) is 3.89. The standard InChI is InChI=1S/C25H16ClN5O2S/c1-3-18-8-9-19(26)11-20(18)21-10-15(2)28-13-22(21)23(32)29-24-30-31-25(34-24)33-14-17-6-4-16(12-27)5-7-17/h1,4-11,13H,14H2,2H3,(H,29,30,32). The Morgan fingerprint density at radius 3 is 2.71 bits per heavy atom. The van der Waals surface area contributed by atoms with Gasteiger partial charge in [-0.25, -0.2) is 0 Å². The van der Waals surface area contributed by atoms with Crippen LogP contribution in [0.5, 0.6) is 5.19 Å². The lowest BCUT2D eigenvalue weighted by Crippen LogP contribution is -2.14. The van der Waals surface area contributed by atoms with Crippen molar-refractivity contribution in [3.8, 4) is 34.7 Å². The Kier molecular flexibility index (Phi) is 6.84. The van der Waals surface area contributed by atoms with E-state index in [9.17, 15) is 4.79 Å². The largest absolute Gasteiger partial charge is 0.464 e. The molecule has 0 atom stereocenters. The lowest BCUT2D eigenvalue weighted by Gasteiger charge is -2.12. The average molecular weight is 486 g/mol. The van der Waals surface area contributed by atoms with E-state index >= 15 is 0 Å². The molecule has 0 aliphatic rings. The highest BCUT2D eigenvalue weighted by Crippen LogP contribution is 2.31. The summed E-state index contributed by atoms with van der Waals surface area (Å²) in [6, 6.07) is 16.0. The number of aromatic nitrogens is 3. The van der Waals surface area contributed by atoms with Crippen molar-refractivity contribution in [2.75, 3.05) is 5.32 Å². The van der Waals surface area contributed by atoms with Crippen molar-refractivity contribution in [3.05, 3.63) is 87.7 Å². The molecule has 0 aliphatic carbocycles. The van der Waals surface area contributed by atoms with Gasteiger partial charge in [0.05, 0.1) is 17.2 Å². The zero-order chi connectivity index (χ0) is 24.1. The third-order valence-corrected chi connectivity index (χ3v) is 5.77. The first-order valence-electron chi connectivity index (χ1n) is 9.96. The van der Waals surface area contributed by atoms with Crippen molar-refractivity contribution in [1.29, 1.82) is 5.26 Å². The number of nitrogens with one attached hydrogen (secondary N) is 1.